The van der Waals surface area contributed by atoms with Crippen LogP contribution in [0.4, 0.5) is 5.82 Å². The van der Waals surface area contributed by atoms with Crippen molar-refractivity contribution in [1.29, 1.82) is 5.41 Å². The average molecular weight is 432 g/mol. The number of aryl methyl sites for hydroxylation is 1. The summed E-state index contributed by atoms with van der Waals surface area (Å²) in [7, 11) is 0. The topological polar surface area (TPSA) is 104 Å². The second kappa shape index (κ2) is 8.35. The molecule has 166 valence electrons. The molecule has 3 aromatic rings. The molecule has 1 amide bonds. The van der Waals surface area contributed by atoms with Crippen LogP contribution < -0.4 is 10.6 Å². The Bertz CT molecular complexity index is 1180. The molecule has 8 nitrogen and oxygen atoms in total. The number of nitrogens with one attached hydrogen (secondary N) is 1. The summed E-state index contributed by atoms with van der Waals surface area (Å²) >= 11 is 0. The van der Waals surface area contributed by atoms with Gasteiger partial charge >= 0.3 is 0 Å². The van der Waals surface area contributed by atoms with Crippen molar-refractivity contribution in [3.8, 4) is 0 Å². The SMILES string of the molecule is Cc1cn2nc([C@@H]3CCCCN3C(=O)c3ccccc3CN)cc2nc1N1CCC(=N)C1. The molecule has 2 aliphatic heterocycles. The van der Waals surface area contributed by atoms with Gasteiger partial charge in [-0.25, -0.2) is 9.50 Å². The number of amides is 1. The zero-order valence-electron chi connectivity index (χ0n) is 18.4. The van der Waals surface area contributed by atoms with Crippen LogP contribution in [0.15, 0.2) is 36.5 Å². The maximum absolute atomic E-state index is 13.5. The Kier molecular flexibility index (Phi) is 5.38. The van der Waals surface area contributed by atoms with E-state index in [0.717, 1.165) is 66.2 Å². The molecule has 2 fully saturated rings. The number of rotatable bonds is 4. The molecule has 0 unspecified atom stereocenters. The first-order valence-corrected chi connectivity index (χ1v) is 11.3. The standard InChI is InChI=1S/C24H29N7O/c1-16-14-31-22(27-23(16)29-11-9-18(26)15-29)12-20(28-31)21-8-4-5-10-30(21)24(32)19-7-3-2-6-17(19)13-25/h2-3,6-7,12,14,21,26H,4-5,8-11,13,15,25H2,1H3/t21-/m0/s1. The zero-order valence-corrected chi connectivity index (χ0v) is 18.4. The van der Waals surface area contributed by atoms with E-state index in [4.69, 9.17) is 21.2 Å². The van der Waals surface area contributed by atoms with E-state index in [1.807, 2.05) is 52.9 Å². The molecule has 1 atom stereocenters. The predicted molar refractivity (Wildman–Crippen MR) is 124 cm³/mol. The van der Waals surface area contributed by atoms with Crippen LogP contribution in [0.5, 0.6) is 0 Å². The summed E-state index contributed by atoms with van der Waals surface area (Å²) in [4.78, 5) is 22.5. The van der Waals surface area contributed by atoms with Crippen LogP contribution in [0, 0.1) is 12.3 Å². The number of fused-ring (bicyclic) bond motifs is 1. The zero-order chi connectivity index (χ0) is 22.2. The Morgan fingerprint density at radius 2 is 2.09 bits per heavy atom. The first kappa shape index (κ1) is 20.6. The van der Waals surface area contributed by atoms with Crippen molar-refractivity contribution < 1.29 is 4.79 Å². The molecule has 0 bridgehead atoms. The van der Waals surface area contributed by atoms with Crippen molar-refractivity contribution in [2.45, 2.75) is 45.2 Å². The van der Waals surface area contributed by atoms with Gasteiger partial charge in [0.25, 0.3) is 5.91 Å². The number of hydrogen-bond donors (Lipinski definition) is 2. The summed E-state index contributed by atoms with van der Waals surface area (Å²) in [5, 5.41) is 12.8. The second-order valence-electron chi connectivity index (χ2n) is 8.77. The van der Waals surface area contributed by atoms with Gasteiger partial charge in [0, 0.05) is 55.2 Å². The van der Waals surface area contributed by atoms with Gasteiger partial charge in [-0.05, 0) is 37.8 Å². The summed E-state index contributed by atoms with van der Waals surface area (Å²) in [6.45, 7) is 4.55. The minimum absolute atomic E-state index is 0.0215. The number of benzene rings is 1. The van der Waals surface area contributed by atoms with Crippen LogP contribution in [0.1, 0.15) is 58.9 Å². The van der Waals surface area contributed by atoms with E-state index < -0.39 is 0 Å². The molecule has 0 saturated carbocycles. The fourth-order valence-electron chi connectivity index (χ4n) is 4.89. The molecule has 0 aliphatic carbocycles. The highest BCUT2D eigenvalue weighted by Crippen LogP contribution is 2.33. The van der Waals surface area contributed by atoms with Gasteiger partial charge in [-0.2, -0.15) is 5.10 Å². The van der Waals surface area contributed by atoms with Crippen molar-refractivity contribution >= 4 is 23.1 Å². The lowest BCUT2D eigenvalue weighted by Crippen LogP contribution is -2.39. The molecule has 32 heavy (non-hydrogen) atoms. The summed E-state index contributed by atoms with van der Waals surface area (Å²) in [6, 6.07) is 9.53. The molecule has 0 radical (unpaired) electrons. The summed E-state index contributed by atoms with van der Waals surface area (Å²) in [5.41, 5.74) is 10.9. The van der Waals surface area contributed by atoms with E-state index in [1.54, 1.807) is 0 Å². The number of nitrogens with zero attached hydrogens (tertiary/aromatic N) is 5. The van der Waals surface area contributed by atoms with Crippen molar-refractivity contribution in [2.24, 2.45) is 5.73 Å². The molecule has 2 saturated heterocycles. The van der Waals surface area contributed by atoms with E-state index >= 15 is 0 Å². The summed E-state index contributed by atoms with van der Waals surface area (Å²) < 4.78 is 1.82. The fourth-order valence-corrected chi connectivity index (χ4v) is 4.89. The molecule has 5 rings (SSSR count). The number of carbonyl (C=O) groups is 1. The number of carbonyl (C=O) groups excluding carboxylic acids is 1. The highest BCUT2D eigenvalue weighted by atomic mass is 16.2. The van der Waals surface area contributed by atoms with Crippen LogP contribution >= 0.6 is 0 Å². The Morgan fingerprint density at radius 1 is 1.25 bits per heavy atom. The summed E-state index contributed by atoms with van der Waals surface area (Å²) in [5.74, 6) is 0.938. The highest BCUT2D eigenvalue weighted by molar-refractivity contribution is 5.96. The van der Waals surface area contributed by atoms with E-state index in [9.17, 15) is 4.79 Å². The lowest BCUT2D eigenvalue weighted by molar-refractivity contribution is 0.0604. The van der Waals surface area contributed by atoms with E-state index in [2.05, 4.69) is 4.90 Å². The molecule has 0 spiro atoms. The summed E-state index contributed by atoms with van der Waals surface area (Å²) in [6.07, 6.45) is 5.73. The molecular weight excluding hydrogens is 402 g/mol. The highest BCUT2D eigenvalue weighted by Gasteiger charge is 2.31. The first-order chi connectivity index (χ1) is 15.5. The van der Waals surface area contributed by atoms with Gasteiger partial charge in [-0.1, -0.05) is 18.2 Å². The normalized spacial score (nSPS) is 19.2. The van der Waals surface area contributed by atoms with Gasteiger partial charge in [0.1, 0.15) is 5.82 Å². The average Bonchev–Trinajstić information content (AvgIpc) is 3.43. The van der Waals surface area contributed by atoms with Crippen molar-refractivity contribution in [3.05, 3.63) is 58.9 Å². The van der Waals surface area contributed by atoms with Gasteiger partial charge in [0.15, 0.2) is 5.65 Å². The minimum atomic E-state index is -0.0764. The molecule has 2 aromatic heterocycles. The Morgan fingerprint density at radius 3 is 2.88 bits per heavy atom. The molecule has 3 N–H and O–H groups in total. The monoisotopic (exact) mass is 431 g/mol. The molecule has 8 heteroatoms. The first-order valence-electron chi connectivity index (χ1n) is 11.3. The minimum Gasteiger partial charge on any atom is -0.350 e. The third-order valence-corrected chi connectivity index (χ3v) is 6.56. The second-order valence-corrected chi connectivity index (χ2v) is 8.77. The lowest BCUT2D eigenvalue weighted by Gasteiger charge is -2.35. The lowest BCUT2D eigenvalue weighted by atomic mass is 9.97. The number of anilines is 1. The Hall–Kier alpha value is -3.26. The van der Waals surface area contributed by atoms with Gasteiger partial charge in [-0.3, -0.25) is 4.79 Å². The van der Waals surface area contributed by atoms with Crippen molar-refractivity contribution in [1.82, 2.24) is 19.5 Å². The van der Waals surface area contributed by atoms with Gasteiger partial charge < -0.3 is 20.9 Å². The Labute approximate surface area is 187 Å². The van der Waals surface area contributed by atoms with Gasteiger partial charge in [0.2, 0.25) is 0 Å². The number of likely N-dealkylation sites (tertiary alicyclic amines) is 1. The maximum atomic E-state index is 13.5. The number of aromatic nitrogens is 3. The van der Waals surface area contributed by atoms with Crippen molar-refractivity contribution in [2.75, 3.05) is 24.5 Å². The smallest absolute Gasteiger partial charge is 0.254 e. The third kappa shape index (κ3) is 3.64. The fraction of sp³-hybridized carbons (Fsp3) is 0.417. The van der Waals surface area contributed by atoms with E-state index in [0.29, 0.717) is 25.2 Å². The van der Waals surface area contributed by atoms with E-state index in [1.165, 1.54) is 0 Å². The van der Waals surface area contributed by atoms with Crippen LogP contribution in [-0.4, -0.2) is 50.8 Å². The van der Waals surface area contributed by atoms with Gasteiger partial charge in [-0.15, -0.1) is 0 Å². The molecule has 2 aliphatic rings. The molecule has 4 heterocycles. The number of piperidine rings is 1. The van der Waals surface area contributed by atoms with Crippen LogP contribution in [0.25, 0.3) is 5.65 Å². The molecular formula is C24H29N7O. The van der Waals surface area contributed by atoms with Crippen molar-refractivity contribution in [3.63, 3.8) is 0 Å². The van der Waals surface area contributed by atoms with Crippen LogP contribution in [0.3, 0.4) is 0 Å². The third-order valence-electron chi connectivity index (χ3n) is 6.56. The van der Waals surface area contributed by atoms with E-state index in [-0.39, 0.29) is 11.9 Å². The van der Waals surface area contributed by atoms with Gasteiger partial charge in [0.05, 0.1) is 18.3 Å². The number of nitrogens with two attached hydrogens (primary N) is 1. The predicted octanol–water partition coefficient (Wildman–Crippen LogP) is 3.09. The largest absolute Gasteiger partial charge is 0.350 e. The Balaban J connectivity index is 1.48. The number of hydrogen-bond acceptors (Lipinski definition) is 6. The van der Waals surface area contributed by atoms with Crippen LogP contribution in [0.2, 0.25) is 0 Å². The molecule has 1 aromatic carbocycles. The maximum Gasteiger partial charge on any atom is 0.254 e. The quantitative estimate of drug-likeness (QED) is 0.661. The van der Waals surface area contributed by atoms with Crippen LogP contribution in [-0.2, 0) is 6.54 Å².